The molecule has 0 spiro atoms. The maximum Gasteiger partial charge on any atom is 0.243 e. The number of pyridine rings is 1. The lowest BCUT2D eigenvalue weighted by Gasteiger charge is -2.33. The van der Waals surface area contributed by atoms with E-state index in [0.717, 1.165) is 5.56 Å². The summed E-state index contributed by atoms with van der Waals surface area (Å²) in [7, 11) is -3.45. The minimum atomic E-state index is -3.45. The molecular weight excluding hydrogens is 326 g/mol. The molecule has 0 N–H and O–H groups in total. The number of rotatable bonds is 5. The van der Waals surface area contributed by atoms with Gasteiger partial charge in [0, 0.05) is 19.3 Å². The summed E-state index contributed by atoms with van der Waals surface area (Å²) in [6.07, 6.45) is 2.06. The second-order valence-corrected chi connectivity index (χ2v) is 7.71. The third-order valence-electron chi connectivity index (χ3n) is 4.00. The first kappa shape index (κ1) is 16.6. The highest BCUT2D eigenvalue weighted by Crippen LogP contribution is 2.16. The second kappa shape index (κ2) is 7.11. The zero-order chi connectivity index (χ0) is 17.0. The van der Waals surface area contributed by atoms with E-state index < -0.39 is 10.0 Å². The third kappa shape index (κ3) is 3.80. The van der Waals surface area contributed by atoms with Crippen LogP contribution < -0.4 is 4.90 Å². The molecule has 2 heterocycles. The van der Waals surface area contributed by atoms with Crippen molar-refractivity contribution in [3.8, 4) is 0 Å². The van der Waals surface area contributed by atoms with E-state index in [-0.39, 0.29) is 18.2 Å². The average Bonchev–Trinajstić information content (AvgIpc) is 2.61. The number of hydrogen-bond donors (Lipinski definition) is 0. The van der Waals surface area contributed by atoms with E-state index in [1.54, 1.807) is 24.4 Å². The van der Waals surface area contributed by atoms with Crippen LogP contribution >= 0.6 is 0 Å². The van der Waals surface area contributed by atoms with Crippen LogP contribution in [0.2, 0.25) is 0 Å². The van der Waals surface area contributed by atoms with Crippen molar-refractivity contribution < 1.29 is 13.2 Å². The zero-order valence-corrected chi connectivity index (χ0v) is 14.0. The lowest BCUT2D eigenvalue weighted by atomic mass is 10.2. The standard InChI is InChI=1S/C17H19N3O3S/c21-17-14-19(11-12-20(17)16-8-4-5-10-18-16)24(22,23)13-9-15-6-2-1-3-7-15/h1-8,10H,9,11-14H2. The number of hydrogen-bond acceptors (Lipinski definition) is 4. The van der Waals surface area contributed by atoms with Gasteiger partial charge in [0.15, 0.2) is 0 Å². The summed E-state index contributed by atoms with van der Waals surface area (Å²) in [5, 5.41) is 0. The van der Waals surface area contributed by atoms with Crippen molar-refractivity contribution in [3.05, 3.63) is 60.3 Å². The molecule has 24 heavy (non-hydrogen) atoms. The van der Waals surface area contributed by atoms with Gasteiger partial charge in [-0.15, -0.1) is 0 Å². The highest BCUT2D eigenvalue weighted by atomic mass is 32.2. The lowest BCUT2D eigenvalue weighted by Crippen LogP contribution is -2.53. The Morgan fingerprint density at radius 3 is 2.42 bits per heavy atom. The number of carbonyl (C=O) groups is 1. The molecule has 0 unspecified atom stereocenters. The molecule has 1 fully saturated rings. The molecule has 7 heteroatoms. The van der Waals surface area contributed by atoms with Crippen molar-refractivity contribution in [2.24, 2.45) is 0 Å². The molecule has 1 saturated heterocycles. The van der Waals surface area contributed by atoms with Crippen molar-refractivity contribution in [2.45, 2.75) is 6.42 Å². The van der Waals surface area contributed by atoms with E-state index in [9.17, 15) is 13.2 Å². The van der Waals surface area contributed by atoms with Crippen LogP contribution in [0.25, 0.3) is 0 Å². The Morgan fingerprint density at radius 1 is 1.00 bits per heavy atom. The molecule has 3 rings (SSSR count). The molecule has 0 saturated carbocycles. The van der Waals surface area contributed by atoms with Crippen LogP contribution in [0.3, 0.4) is 0 Å². The van der Waals surface area contributed by atoms with Gasteiger partial charge in [-0.2, -0.15) is 4.31 Å². The Hall–Kier alpha value is -2.25. The molecule has 0 aliphatic carbocycles. The molecule has 1 aromatic carbocycles. The summed E-state index contributed by atoms with van der Waals surface area (Å²) in [6, 6.07) is 14.8. The minimum Gasteiger partial charge on any atom is -0.294 e. The van der Waals surface area contributed by atoms with Gasteiger partial charge in [0.25, 0.3) is 0 Å². The van der Waals surface area contributed by atoms with E-state index in [2.05, 4.69) is 4.98 Å². The summed E-state index contributed by atoms with van der Waals surface area (Å²) in [5.41, 5.74) is 0.972. The summed E-state index contributed by atoms with van der Waals surface area (Å²) in [6.45, 7) is 0.480. The maximum atomic E-state index is 12.5. The van der Waals surface area contributed by atoms with Gasteiger partial charge in [-0.1, -0.05) is 36.4 Å². The van der Waals surface area contributed by atoms with E-state index in [1.807, 2.05) is 30.3 Å². The molecular formula is C17H19N3O3S. The molecule has 1 aliphatic heterocycles. The third-order valence-corrected chi connectivity index (χ3v) is 5.81. The van der Waals surface area contributed by atoms with Gasteiger partial charge in [-0.05, 0) is 24.1 Å². The van der Waals surface area contributed by atoms with Crippen LogP contribution in [-0.4, -0.2) is 49.0 Å². The van der Waals surface area contributed by atoms with Crippen molar-refractivity contribution in [1.82, 2.24) is 9.29 Å². The summed E-state index contributed by atoms with van der Waals surface area (Å²) in [5.74, 6) is 0.320. The van der Waals surface area contributed by atoms with Crippen LogP contribution in [0.4, 0.5) is 5.82 Å². The number of carbonyl (C=O) groups excluding carboxylic acids is 1. The highest BCUT2D eigenvalue weighted by molar-refractivity contribution is 7.89. The Balaban J connectivity index is 1.63. The van der Waals surface area contributed by atoms with Crippen LogP contribution in [0.5, 0.6) is 0 Å². The van der Waals surface area contributed by atoms with Gasteiger partial charge in [0.1, 0.15) is 5.82 Å². The minimum absolute atomic E-state index is 0.00782. The van der Waals surface area contributed by atoms with Crippen molar-refractivity contribution in [1.29, 1.82) is 0 Å². The molecule has 0 bridgehead atoms. The Morgan fingerprint density at radius 2 is 1.75 bits per heavy atom. The van der Waals surface area contributed by atoms with E-state index in [1.165, 1.54) is 9.21 Å². The summed E-state index contributed by atoms with van der Waals surface area (Å²) >= 11 is 0. The van der Waals surface area contributed by atoms with Crippen LogP contribution in [-0.2, 0) is 21.2 Å². The first-order valence-electron chi connectivity index (χ1n) is 7.79. The van der Waals surface area contributed by atoms with Crippen LogP contribution in [0.1, 0.15) is 5.56 Å². The molecule has 2 aromatic rings. The summed E-state index contributed by atoms with van der Waals surface area (Å²) in [4.78, 5) is 18.0. The van der Waals surface area contributed by atoms with Crippen molar-refractivity contribution in [3.63, 3.8) is 0 Å². The highest BCUT2D eigenvalue weighted by Gasteiger charge is 2.32. The molecule has 0 radical (unpaired) electrons. The predicted molar refractivity (Wildman–Crippen MR) is 92.1 cm³/mol. The molecule has 1 amide bonds. The number of aryl methyl sites for hydroxylation is 1. The number of aromatic nitrogens is 1. The Bertz CT molecular complexity index is 794. The molecule has 6 nitrogen and oxygen atoms in total. The Labute approximate surface area is 141 Å². The number of piperazine rings is 1. The average molecular weight is 345 g/mol. The molecule has 1 aromatic heterocycles. The maximum absolute atomic E-state index is 12.5. The molecule has 126 valence electrons. The van der Waals surface area contributed by atoms with Gasteiger partial charge < -0.3 is 0 Å². The van der Waals surface area contributed by atoms with E-state index in [0.29, 0.717) is 25.3 Å². The van der Waals surface area contributed by atoms with E-state index in [4.69, 9.17) is 0 Å². The monoisotopic (exact) mass is 345 g/mol. The Kier molecular flexibility index (Phi) is 4.92. The number of benzene rings is 1. The second-order valence-electron chi connectivity index (χ2n) is 5.62. The SMILES string of the molecule is O=C1CN(S(=O)(=O)CCc2ccccc2)CCN1c1ccccn1. The van der Waals surface area contributed by atoms with Gasteiger partial charge in [0.05, 0.1) is 12.3 Å². The fourth-order valence-corrected chi connectivity index (χ4v) is 4.08. The van der Waals surface area contributed by atoms with Gasteiger partial charge in [0.2, 0.25) is 15.9 Å². The van der Waals surface area contributed by atoms with E-state index >= 15 is 0 Å². The summed E-state index contributed by atoms with van der Waals surface area (Å²) < 4.78 is 26.2. The van der Waals surface area contributed by atoms with Crippen LogP contribution in [0, 0.1) is 0 Å². The zero-order valence-electron chi connectivity index (χ0n) is 13.2. The number of amides is 1. The molecule has 0 atom stereocenters. The smallest absolute Gasteiger partial charge is 0.243 e. The van der Waals surface area contributed by atoms with Crippen molar-refractivity contribution >= 4 is 21.7 Å². The largest absolute Gasteiger partial charge is 0.294 e. The van der Waals surface area contributed by atoms with Gasteiger partial charge >= 0.3 is 0 Å². The fraction of sp³-hybridized carbons (Fsp3) is 0.294. The van der Waals surface area contributed by atoms with Gasteiger partial charge in [-0.3, -0.25) is 9.69 Å². The normalized spacial score (nSPS) is 16.3. The predicted octanol–water partition coefficient (Wildman–Crippen LogP) is 1.30. The van der Waals surface area contributed by atoms with Gasteiger partial charge in [-0.25, -0.2) is 13.4 Å². The number of anilines is 1. The first-order valence-corrected chi connectivity index (χ1v) is 9.40. The lowest BCUT2D eigenvalue weighted by molar-refractivity contribution is -0.120. The fourth-order valence-electron chi connectivity index (χ4n) is 2.67. The quantitative estimate of drug-likeness (QED) is 0.819. The van der Waals surface area contributed by atoms with Crippen LogP contribution in [0.15, 0.2) is 54.7 Å². The van der Waals surface area contributed by atoms with Crippen molar-refractivity contribution in [2.75, 3.05) is 30.3 Å². The number of nitrogens with zero attached hydrogens (tertiary/aromatic N) is 3. The topological polar surface area (TPSA) is 70.6 Å². The molecule has 1 aliphatic rings. The first-order chi connectivity index (χ1) is 11.6. The number of sulfonamides is 1.